The van der Waals surface area contributed by atoms with E-state index in [9.17, 15) is 0 Å². The summed E-state index contributed by atoms with van der Waals surface area (Å²) in [6.45, 7) is 2.32. The Morgan fingerprint density at radius 2 is 1.30 bits per heavy atom. The number of benzene rings is 7. The maximum absolute atomic E-state index is 4.68. The molecule has 2 unspecified atom stereocenters. The first-order valence-electron chi connectivity index (χ1n) is 17.4. The minimum Gasteiger partial charge on any atom is -0.329 e. The molecule has 2 aliphatic rings. The Bertz CT molecular complexity index is 3120. The first-order chi connectivity index (χ1) is 24.7. The van der Waals surface area contributed by atoms with Crippen LogP contribution in [0.4, 0.5) is 11.4 Å². The van der Waals surface area contributed by atoms with Crippen LogP contribution < -0.4 is 4.90 Å². The van der Waals surface area contributed by atoms with Crippen LogP contribution in [0, 0.1) is 0 Å². The second-order valence-corrected chi connectivity index (χ2v) is 14.2. The Kier molecular flexibility index (Phi) is 4.88. The molecule has 3 aromatic heterocycles. The van der Waals surface area contributed by atoms with Gasteiger partial charge in [0.05, 0.1) is 33.1 Å². The van der Waals surface area contributed by atoms with Crippen LogP contribution in [0.2, 0.25) is 0 Å². The van der Waals surface area contributed by atoms with Gasteiger partial charge in [-0.05, 0) is 77.9 Å². The lowest BCUT2D eigenvalue weighted by atomic mass is 9.83. The van der Waals surface area contributed by atoms with E-state index in [-0.39, 0.29) is 11.5 Å². The number of para-hydroxylation sites is 3. The van der Waals surface area contributed by atoms with Gasteiger partial charge in [0.25, 0.3) is 0 Å². The molecule has 5 heterocycles. The van der Waals surface area contributed by atoms with Gasteiger partial charge in [0.15, 0.2) is 0 Å². The molecule has 0 saturated heterocycles. The topological polar surface area (TPSA) is 24.9 Å². The van der Waals surface area contributed by atoms with Gasteiger partial charge in [-0.3, -0.25) is 4.99 Å². The first-order valence-corrected chi connectivity index (χ1v) is 17.4. The molecular formula is C46H30N4. The third kappa shape index (κ3) is 3.11. The maximum Gasteiger partial charge on any atom is 0.0879 e. The predicted octanol–water partition coefficient (Wildman–Crippen LogP) is 11.7. The van der Waals surface area contributed by atoms with E-state index in [0.717, 1.165) is 0 Å². The van der Waals surface area contributed by atoms with E-state index in [1.54, 1.807) is 0 Å². The maximum atomic E-state index is 4.68. The van der Waals surface area contributed by atoms with Crippen LogP contribution in [0.3, 0.4) is 0 Å². The third-order valence-corrected chi connectivity index (χ3v) is 11.7. The molecular weight excluding hydrogens is 609 g/mol. The number of rotatable bonds is 2. The molecule has 4 heteroatoms. The lowest BCUT2D eigenvalue weighted by molar-refractivity contribution is 0.588. The summed E-state index contributed by atoms with van der Waals surface area (Å²) >= 11 is 0. The van der Waals surface area contributed by atoms with Gasteiger partial charge < -0.3 is 13.9 Å². The number of fused-ring (bicyclic) bond motifs is 15. The van der Waals surface area contributed by atoms with Crippen LogP contribution in [-0.2, 0) is 0 Å². The van der Waals surface area contributed by atoms with Crippen molar-refractivity contribution in [3.63, 3.8) is 0 Å². The molecule has 10 aromatic rings. The molecule has 4 nitrogen and oxygen atoms in total. The van der Waals surface area contributed by atoms with E-state index in [4.69, 9.17) is 0 Å². The molecule has 7 aromatic carbocycles. The molecule has 12 rings (SSSR count). The summed E-state index contributed by atoms with van der Waals surface area (Å²) in [4.78, 5) is 7.15. The lowest BCUT2D eigenvalue weighted by Gasteiger charge is -2.38. The van der Waals surface area contributed by atoms with E-state index in [0.29, 0.717) is 0 Å². The van der Waals surface area contributed by atoms with Crippen molar-refractivity contribution in [2.24, 2.45) is 4.99 Å². The standard InChI is InChI=1S/C46H30N4/c1-46-27-47-24-23-37(46)35-25-30(20-22-40(35)50(46)29-12-3-2-4-13-29)48-41-21-19-28-11-5-6-14-31(28)42(41)36-26-34-32-15-7-9-17-38(32)49-39-18-10-8-16-33(39)43(44(34)49)45(36)48/h2-27,37H,1H3. The second-order valence-electron chi connectivity index (χ2n) is 14.2. The Morgan fingerprint density at radius 1 is 0.560 bits per heavy atom. The minimum atomic E-state index is -0.311. The Hall–Kier alpha value is -6.39. The molecule has 234 valence electrons. The van der Waals surface area contributed by atoms with Crippen molar-refractivity contribution >= 4 is 88.3 Å². The number of hydrogen-bond donors (Lipinski definition) is 0. The minimum absolute atomic E-state index is 0.161. The molecule has 0 fully saturated rings. The summed E-state index contributed by atoms with van der Waals surface area (Å²) in [7, 11) is 0. The largest absolute Gasteiger partial charge is 0.329 e. The van der Waals surface area contributed by atoms with Gasteiger partial charge in [0.1, 0.15) is 0 Å². The van der Waals surface area contributed by atoms with Crippen molar-refractivity contribution in [3.05, 3.63) is 157 Å². The molecule has 2 atom stereocenters. The van der Waals surface area contributed by atoms with Crippen molar-refractivity contribution in [1.29, 1.82) is 0 Å². The van der Waals surface area contributed by atoms with Gasteiger partial charge in [0.2, 0.25) is 0 Å². The summed E-state index contributed by atoms with van der Waals surface area (Å²) in [5.41, 5.74) is 10.9. The average Bonchev–Trinajstić information content (AvgIpc) is 3.87. The lowest BCUT2D eigenvalue weighted by Crippen LogP contribution is -2.45. The van der Waals surface area contributed by atoms with Gasteiger partial charge >= 0.3 is 0 Å². The zero-order valence-corrected chi connectivity index (χ0v) is 27.4. The van der Waals surface area contributed by atoms with E-state index in [1.165, 1.54) is 93.3 Å². The van der Waals surface area contributed by atoms with Gasteiger partial charge in [-0.15, -0.1) is 0 Å². The van der Waals surface area contributed by atoms with Crippen molar-refractivity contribution in [3.8, 4) is 5.69 Å². The summed E-state index contributed by atoms with van der Waals surface area (Å²) in [6.07, 6.45) is 6.38. The van der Waals surface area contributed by atoms with Crippen molar-refractivity contribution < 1.29 is 0 Å². The molecule has 0 amide bonds. The average molecular weight is 639 g/mol. The number of aromatic nitrogens is 2. The zero-order chi connectivity index (χ0) is 32.7. The van der Waals surface area contributed by atoms with Crippen LogP contribution in [0.15, 0.2) is 157 Å². The monoisotopic (exact) mass is 638 g/mol. The van der Waals surface area contributed by atoms with E-state index >= 15 is 0 Å². The predicted molar refractivity (Wildman–Crippen MR) is 210 cm³/mol. The molecule has 0 spiro atoms. The molecule has 0 bridgehead atoms. The van der Waals surface area contributed by atoms with Crippen LogP contribution in [0.25, 0.3) is 76.4 Å². The molecule has 0 N–H and O–H groups in total. The Morgan fingerprint density at radius 3 is 2.16 bits per heavy atom. The summed E-state index contributed by atoms with van der Waals surface area (Å²) in [6, 6.07) is 51.7. The molecule has 50 heavy (non-hydrogen) atoms. The van der Waals surface area contributed by atoms with Crippen LogP contribution in [-0.4, -0.2) is 20.7 Å². The Labute approximate surface area is 287 Å². The fourth-order valence-corrected chi connectivity index (χ4v) is 9.65. The number of aliphatic imine (C=N–C) groups is 1. The fraction of sp³-hybridized carbons (Fsp3) is 0.0652. The fourth-order valence-electron chi connectivity index (χ4n) is 9.65. The quantitative estimate of drug-likeness (QED) is 0.185. The number of anilines is 2. The van der Waals surface area contributed by atoms with Gasteiger partial charge in [-0.2, -0.15) is 0 Å². The van der Waals surface area contributed by atoms with Crippen LogP contribution in [0.5, 0.6) is 0 Å². The van der Waals surface area contributed by atoms with Gasteiger partial charge in [-0.1, -0.05) is 91.0 Å². The highest BCUT2D eigenvalue weighted by atomic mass is 15.2. The van der Waals surface area contributed by atoms with Gasteiger partial charge in [0, 0.05) is 67.7 Å². The van der Waals surface area contributed by atoms with E-state index in [1.807, 2.05) is 6.20 Å². The highest BCUT2D eigenvalue weighted by Gasteiger charge is 2.48. The van der Waals surface area contributed by atoms with Crippen molar-refractivity contribution in [2.75, 3.05) is 4.90 Å². The van der Waals surface area contributed by atoms with Gasteiger partial charge in [-0.25, -0.2) is 0 Å². The summed E-state index contributed by atoms with van der Waals surface area (Å²) < 4.78 is 5.05. The highest BCUT2D eigenvalue weighted by Crippen LogP contribution is 2.54. The molecule has 0 aliphatic carbocycles. The third-order valence-electron chi connectivity index (χ3n) is 11.7. The first kappa shape index (κ1) is 26.6. The normalized spacial score (nSPS) is 18.6. The SMILES string of the molecule is CC12C=NC=CC1c1cc(-n3c4ccc5ccccc5c4c4cc5c6ccccc6n6c7ccccc7c(c43)c56)ccc1N2c1ccccc1. The van der Waals surface area contributed by atoms with Crippen molar-refractivity contribution in [2.45, 2.75) is 18.4 Å². The van der Waals surface area contributed by atoms with Crippen LogP contribution >= 0.6 is 0 Å². The second kappa shape index (κ2) is 9.19. The van der Waals surface area contributed by atoms with E-state index in [2.05, 4.69) is 178 Å². The molecule has 0 saturated carbocycles. The van der Waals surface area contributed by atoms with Crippen LogP contribution in [0.1, 0.15) is 18.4 Å². The summed E-state index contributed by atoms with van der Waals surface area (Å²) in [5, 5.41) is 10.3. The van der Waals surface area contributed by atoms with E-state index < -0.39 is 0 Å². The Balaban J connectivity index is 1.26. The highest BCUT2D eigenvalue weighted by molar-refractivity contribution is 6.36. The molecule has 2 aliphatic heterocycles. The number of nitrogens with zero attached hydrogens (tertiary/aromatic N) is 4. The number of hydrogen-bond acceptors (Lipinski definition) is 2. The zero-order valence-electron chi connectivity index (χ0n) is 27.4. The molecule has 0 radical (unpaired) electrons. The smallest absolute Gasteiger partial charge is 0.0879 e. The summed E-state index contributed by atoms with van der Waals surface area (Å²) in [5.74, 6) is 0.161. The van der Waals surface area contributed by atoms with Crippen molar-refractivity contribution in [1.82, 2.24) is 8.97 Å².